The normalized spacial score (nSPS) is 19.8. The minimum atomic E-state index is -0.248. The fraction of sp³-hybridized carbons (Fsp3) is 0.583. The molecule has 3 heterocycles. The van der Waals surface area contributed by atoms with E-state index in [-0.39, 0.29) is 6.10 Å². The van der Waals surface area contributed by atoms with Crippen LogP contribution in [0, 0.1) is 5.92 Å². The molecule has 0 spiro atoms. The molecule has 92 valence electrons. The zero-order valence-electron chi connectivity index (χ0n) is 9.67. The number of nitrogens with zero attached hydrogens (tertiary/aromatic N) is 2. The summed E-state index contributed by atoms with van der Waals surface area (Å²) < 4.78 is 2.02. The summed E-state index contributed by atoms with van der Waals surface area (Å²) in [5.41, 5.74) is 1.00. The predicted molar refractivity (Wildman–Crippen MR) is 68.4 cm³/mol. The molecule has 0 radical (unpaired) electrons. The Kier molecular flexibility index (Phi) is 3.13. The van der Waals surface area contributed by atoms with Crippen LogP contribution in [0.5, 0.6) is 0 Å². The first-order valence-corrected chi connectivity index (χ1v) is 7.01. The Hall–Kier alpha value is -0.910. The SMILES string of the molecule is OC(Cc1cn2ccsc2n1)C1CCNCC1. The molecular weight excluding hydrogens is 234 g/mol. The predicted octanol–water partition coefficient (Wildman–Crippen LogP) is 1.30. The third-order valence-electron chi connectivity index (χ3n) is 3.49. The van der Waals surface area contributed by atoms with Gasteiger partial charge in [-0.1, -0.05) is 0 Å². The van der Waals surface area contributed by atoms with Gasteiger partial charge in [-0.15, -0.1) is 11.3 Å². The van der Waals surface area contributed by atoms with Crippen molar-refractivity contribution in [1.29, 1.82) is 0 Å². The molecule has 17 heavy (non-hydrogen) atoms. The molecule has 2 aromatic heterocycles. The van der Waals surface area contributed by atoms with Crippen molar-refractivity contribution in [3.8, 4) is 0 Å². The molecule has 2 N–H and O–H groups in total. The number of rotatable bonds is 3. The minimum absolute atomic E-state index is 0.248. The van der Waals surface area contributed by atoms with Crippen molar-refractivity contribution in [2.24, 2.45) is 5.92 Å². The molecule has 1 saturated heterocycles. The number of aliphatic hydroxyl groups excluding tert-OH is 1. The Morgan fingerprint density at radius 2 is 2.35 bits per heavy atom. The number of piperidine rings is 1. The van der Waals surface area contributed by atoms with E-state index in [0.29, 0.717) is 12.3 Å². The van der Waals surface area contributed by atoms with E-state index < -0.39 is 0 Å². The van der Waals surface area contributed by atoms with Crippen LogP contribution in [-0.4, -0.2) is 33.7 Å². The van der Waals surface area contributed by atoms with Crippen molar-refractivity contribution in [3.63, 3.8) is 0 Å². The number of imidazole rings is 1. The van der Waals surface area contributed by atoms with Crippen molar-refractivity contribution < 1.29 is 5.11 Å². The monoisotopic (exact) mass is 251 g/mol. The lowest BCUT2D eigenvalue weighted by Gasteiger charge is -2.26. The molecule has 0 bridgehead atoms. The summed E-state index contributed by atoms with van der Waals surface area (Å²) in [5.74, 6) is 0.427. The third kappa shape index (κ3) is 2.36. The van der Waals surface area contributed by atoms with Gasteiger partial charge >= 0.3 is 0 Å². The van der Waals surface area contributed by atoms with Crippen molar-refractivity contribution in [2.75, 3.05) is 13.1 Å². The highest BCUT2D eigenvalue weighted by Crippen LogP contribution is 2.20. The van der Waals surface area contributed by atoms with Gasteiger partial charge in [-0.2, -0.15) is 0 Å². The first kappa shape index (κ1) is 11.2. The largest absolute Gasteiger partial charge is 0.392 e. The average molecular weight is 251 g/mol. The van der Waals surface area contributed by atoms with Gasteiger partial charge in [0.05, 0.1) is 11.8 Å². The molecule has 0 aliphatic carbocycles. The highest BCUT2D eigenvalue weighted by molar-refractivity contribution is 7.15. The number of nitrogens with one attached hydrogen (secondary N) is 1. The fourth-order valence-corrected chi connectivity index (χ4v) is 3.20. The molecular formula is C12H17N3OS. The Balaban J connectivity index is 1.67. The van der Waals surface area contributed by atoms with E-state index in [0.717, 1.165) is 36.6 Å². The van der Waals surface area contributed by atoms with Gasteiger partial charge in [0.15, 0.2) is 4.96 Å². The van der Waals surface area contributed by atoms with Gasteiger partial charge in [0.25, 0.3) is 0 Å². The molecule has 1 atom stereocenters. The van der Waals surface area contributed by atoms with E-state index in [9.17, 15) is 5.11 Å². The Morgan fingerprint density at radius 1 is 1.53 bits per heavy atom. The smallest absolute Gasteiger partial charge is 0.193 e. The maximum absolute atomic E-state index is 10.2. The minimum Gasteiger partial charge on any atom is -0.392 e. The zero-order valence-corrected chi connectivity index (χ0v) is 10.5. The number of hydrogen-bond acceptors (Lipinski definition) is 4. The summed E-state index contributed by atoms with van der Waals surface area (Å²) in [4.78, 5) is 5.52. The van der Waals surface area contributed by atoms with Crippen LogP contribution in [0.15, 0.2) is 17.8 Å². The van der Waals surface area contributed by atoms with Crippen LogP contribution in [0.3, 0.4) is 0 Å². The number of hydrogen-bond donors (Lipinski definition) is 2. The van der Waals surface area contributed by atoms with Crippen LogP contribution in [0.25, 0.3) is 4.96 Å². The Bertz CT molecular complexity index is 458. The van der Waals surface area contributed by atoms with Crippen molar-refractivity contribution in [2.45, 2.75) is 25.4 Å². The number of aromatic nitrogens is 2. The van der Waals surface area contributed by atoms with Crippen LogP contribution in [0.1, 0.15) is 18.5 Å². The van der Waals surface area contributed by atoms with E-state index >= 15 is 0 Å². The molecule has 1 fully saturated rings. The second-order valence-electron chi connectivity index (χ2n) is 4.68. The molecule has 1 aliphatic heterocycles. The molecule has 1 aliphatic rings. The van der Waals surface area contributed by atoms with Crippen LogP contribution >= 0.6 is 11.3 Å². The molecule has 1 unspecified atom stereocenters. The Morgan fingerprint density at radius 3 is 3.12 bits per heavy atom. The van der Waals surface area contributed by atoms with Crippen molar-refractivity contribution in [3.05, 3.63) is 23.5 Å². The topological polar surface area (TPSA) is 49.6 Å². The summed E-state index contributed by atoms with van der Waals surface area (Å²) in [5, 5.41) is 15.6. The highest BCUT2D eigenvalue weighted by Gasteiger charge is 2.22. The van der Waals surface area contributed by atoms with Crippen molar-refractivity contribution >= 4 is 16.3 Å². The number of aliphatic hydroxyl groups is 1. The van der Waals surface area contributed by atoms with Crippen LogP contribution < -0.4 is 5.32 Å². The number of fused-ring (bicyclic) bond motifs is 1. The first-order chi connectivity index (χ1) is 8.33. The summed E-state index contributed by atoms with van der Waals surface area (Å²) in [6.07, 6.45) is 6.61. The molecule has 4 nitrogen and oxygen atoms in total. The molecule has 0 amide bonds. The second-order valence-corrected chi connectivity index (χ2v) is 5.56. The molecule has 2 aromatic rings. The van der Waals surface area contributed by atoms with Crippen LogP contribution in [-0.2, 0) is 6.42 Å². The third-order valence-corrected chi connectivity index (χ3v) is 4.26. The van der Waals surface area contributed by atoms with Gasteiger partial charge in [-0.3, -0.25) is 4.40 Å². The van der Waals surface area contributed by atoms with E-state index in [1.54, 1.807) is 11.3 Å². The lowest BCUT2D eigenvalue weighted by molar-refractivity contribution is 0.0883. The summed E-state index contributed by atoms with van der Waals surface area (Å²) in [6.45, 7) is 2.06. The molecule has 3 rings (SSSR count). The van der Waals surface area contributed by atoms with Gasteiger partial charge in [-0.25, -0.2) is 4.98 Å². The lowest BCUT2D eigenvalue weighted by atomic mass is 9.90. The summed E-state index contributed by atoms with van der Waals surface area (Å²) in [6, 6.07) is 0. The maximum atomic E-state index is 10.2. The molecule has 0 saturated carbocycles. The van der Waals surface area contributed by atoms with Crippen molar-refractivity contribution in [1.82, 2.24) is 14.7 Å². The van der Waals surface area contributed by atoms with Gasteiger partial charge in [0, 0.05) is 24.2 Å². The van der Waals surface area contributed by atoms with E-state index in [4.69, 9.17) is 0 Å². The van der Waals surface area contributed by atoms with E-state index in [1.807, 2.05) is 22.2 Å². The van der Waals surface area contributed by atoms with Gasteiger partial charge < -0.3 is 10.4 Å². The maximum Gasteiger partial charge on any atom is 0.193 e. The standard InChI is InChI=1S/C12H17N3OS/c16-11(9-1-3-13-4-2-9)7-10-8-15-5-6-17-12(15)14-10/h5-6,8-9,11,13,16H,1-4,7H2. The fourth-order valence-electron chi connectivity index (χ4n) is 2.48. The highest BCUT2D eigenvalue weighted by atomic mass is 32.1. The average Bonchev–Trinajstić information content (AvgIpc) is 2.90. The van der Waals surface area contributed by atoms with E-state index in [1.165, 1.54) is 0 Å². The van der Waals surface area contributed by atoms with Gasteiger partial charge in [0.1, 0.15) is 0 Å². The quantitative estimate of drug-likeness (QED) is 0.864. The Labute approximate surface area is 104 Å². The first-order valence-electron chi connectivity index (χ1n) is 6.13. The zero-order chi connectivity index (χ0) is 11.7. The summed E-state index contributed by atoms with van der Waals surface area (Å²) in [7, 11) is 0. The van der Waals surface area contributed by atoms with Gasteiger partial charge in [-0.05, 0) is 31.8 Å². The van der Waals surface area contributed by atoms with Gasteiger partial charge in [0.2, 0.25) is 0 Å². The molecule has 5 heteroatoms. The van der Waals surface area contributed by atoms with Crippen LogP contribution in [0.4, 0.5) is 0 Å². The molecule has 0 aromatic carbocycles. The van der Waals surface area contributed by atoms with Crippen LogP contribution in [0.2, 0.25) is 0 Å². The number of thiazole rings is 1. The second kappa shape index (κ2) is 4.76. The lowest BCUT2D eigenvalue weighted by Crippen LogP contribution is -2.35. The van der Waals surface area contributed by atoms with E-state index in [2.05, 4.69) is 10.3 Å². The summed E-state index contributed by atoms with van der Waals surface area (Å²) >= 11 is 1.63.